The van der Waals surface area contributed by atoms with Gasteiger partial charge in [0, 0.05) is 30.5 Å². The Bertz CT molecular complexity index is 1310. The molecule has 9 heteroatoms. The highest BCUT2D eigenvalue weighted by molar-refractivity contribution is 7.18. The summed E-state index contributed by atoms with van der Waals surface area (Å²) in [6, 6.07) is 7.74. The van der Waals surface area contributed by atoms with Crippen LogP contribution in [0.25, 0.3) is 21.6 Å². The second-order valence-corrected chi connectivity index (χ2v) is 10.2. The van der Waals surface area contributed by atoms with Crippen LogP contribution in [0.15, 0.2) is 28.8 Å². The van der Waals surface area contributed by atoms with Gasteiger partial charge in [-0.1, -0.05) is 12.1 Å². The summed E-state index contributed by atoms with van der Waals surface area (Å²) in [5.74, 6) is 4.00. The third-order valence-corrected chi connectivity index (χ3v) is 7.64. The van der Waals surface area contributed by atoms with Crippen molar-refractivity contribution in [2.75, 3.05) is 26.3 Å². The van der Waals surface area contributed by atoms with Gasteiger partial charge in [0.1, 0.15) is 16.4 Å². The number of rotatable bonds is 5. The Labute approximate surface area is 201 Å². The summed E-state index contributed by atoms with van der Waals surface area (Å²) in [4.78, 5) is 19.0. The average molecular weight is 478 g/mol. The third kappa shape index (κ3) is 4.31. The molecule has 176 valence electrons. The van der Waals surface area contributed by atoms with Crippen LogP contribution >= 0.6 is 11.3 Å². The number of fused-ring (bicyclic) bond motifs is 3. The van der Waals surface area contributed by atoms with Gasteiger partial charge in [-0.25, -0.2) is 4.98 Å². The highest BCUT2D eigenvalue weighted by Gasteiger charge is 2.25. The van der Waals surface area contributed by atoms with Gasteiger partial charge in [0.25, 0.3) is 0 Å². The summed E-state index contributed by atoms with van der Waals surface area (Å²) in [5.41, 5.74) is 2.25. The maximum absolute atomic E-state index is 6.42. The minimum absolute atomic E-state index is 0.544. The zero-order valence-electron chi connectivity index (χ0n) is 19.4. The standard InChI is InChI=1S/C25H27N5O3S/c1-15-3-8-19-20(13-15)34-25-22(19)24(27-21(28-25)14-30-9-11-31-12-10-30)32-18-6-4-17(5-7-18)23-26-16(2)33-29-23/h4-7,15H,3,8-14H2,1-2H3/t15-/m1/s1. The molecule has 1 aromatic carbocycles. The molecule has 0 saturated carbocycles. The molecule has 3 aromatic heterocycles. The molecule has 1 fully saturated rings. The zero-order valence-corrected chi connectivity index (χ0v) is 20.2. The van der Waals surface area contributed by atoms with Gasteiger partial charge in [0.15, 0.2) is 0 Å². The molecule has 0 amide bonds. The van der Waals surface area contributed by atoms with E-state index in [1.54, 1.807) is 18.3 Å². The lowest BCUT2D eigenvalue weighted by Gasteiger charge is -2.25. The number of nitrogens with zero attached hydrogens (tertiary/aromatic N) is 5. The van der Waals surface area contributed by atoms with Crippen LogP contribution in [-0.4, -0.2) is 51.3 Å². The molecule has 0 unspecified atom stereocenters. The minimum atomic E-state index is 0.544. The quantitative estimate of drug-likeness (QED) is 0.405. The Balaban J connectivity index is 1.35. The Hall–Kier alpha value is -2.88. The number of hydrogen-bond acceptors (Lipinski definition) is 9. The van der Waals surface area contributed by atoms with Gasteiger partial charge < -0.3 is 14.0 Å². The van der Waals surface area contributed by atoms with Crippen LogP contribution in [0.4, 0.5) is 0 Å². The van der Waals surface area contributed by atoms with E-state index < -0.39 is 0 Å². The minimum Gasteiger partial charge on any atom is -0.438 e. The molecule has 34 heavy (non-hydrogen) atoms. The van der Waals surface area contributed by atoms with Crippen LogP contribution in [0.2, 0.25) is 0 Å². The van der Waals surface area contributed by atoms with Crippen LogP contribution in [0.3, 0.4) is 0 Å². The molecular formula is C25H27N5O3S. The van der Waals surface area contributed by atoms with Crippen LogP contribution in [0.5, 0.6) is 11.6 Å². The van der Waals surface area contributed by atoms with Crippen LogP contribution in [0, 0.1) is 12.8 Å². The lowest BCUT2D eigenvalue weighted by atomic mass is 9.89. The van der Waals surface area contributed by atoms with Gasteiger partial charge >= 0.3 is 0 Å². The molecule has 4 heterocycles. The van der Waals surface area contributed by atoms with E-state index in [0.29, 0.717) is 30.1 Å². The predicted molar refractivity (Wildman–Crippen MR) is 129 cm³/mol. The number of ether oxygens (including phenoxy) is 2. The largest absolute Gasteiger partial charge is 0.438 e. The molecule has 2 aliphatic rings. The summed E-state index contributed by atoms with van der Waals surface area (Å²) in [6.07, 6.45) is 3.34. The first-order valence-corrected chi connectivity index (χ1v) is 12.6. The summed E-state index contributed by atoms with van der Waals surface area (Å²) in [7, 11) is 0. The summed E-state index contributed by atoms with van der Waals surface area (Å²) in [5, 5.41) is 5.07. The molecule has 1 aliphatic carbocycles. The molecule has 0 radical (unpaired) electrons. The van der Waals surface area contributed by atoms with Crippen molar-refractivity contribution in [2.45, 2.75) is 39.7 Å². The lowest BCUT2D eigenvalue weighted by Crippen LogP contribution is -2.36. The van der Waals surface area contributed by atoms with Crippen LogP contribution < -0.4 is 4.74 Å². The van der Waals surface area contributed by atoms with Gasteiger partial charge in [-0.2, -0.15) is 9.97 Å². The topological polar surface area (TPSA) is 86.4 Å². The molecule has 1 aliphatic heterocycles. The van der Waals surface area contributed by atoms with Crippen molar-refractivity contribution in [3.8, 4) is 23.0 Å². The van der Waals surface area contributed by atoms with Crippen molar-refractivity contribution in [2.24, 2.45) is 5.92 Å². The average Bonchev–Trinajstić information content (AvgIpc) is 3.43. The second-order valence-electron chi connectivity index (χ2n) is 9.13. The van der Waals surface area contributed by atoms with Crippen LogP contribution in [0.1, 0.15) is 35.5 Å². The highest BCUT2D eigenvalue weighted by atomic mass is 32.1. The van der Waals surface area contributed by atoms with E-state index in [2.05, 4.69) is 22.0 Å². The highest BCUT2D eigenvalue weighted by Crippen LogP contribution is 2.42. The van der Waals surface area contributed by atoms with Gasteiger partial charge in [-0.05, 0) is 55.0 Å². The fourth-order valence-electron chi connectivity index (χ4n) is 4.66. The first-order valence-electron chi connectivity index (χ1n) is 11.8. The second kappa shape index (κ2) is 9.05. The molecule has 8 nitrogen and oxygen atoms in total. The van der Waals surface area contributed by atoms with E-state index in [1.165, 1.54) is 16.9 Å². The Kier molecular flexibility index (Phi) is 5.76. The van der Waals surface area contributed by atoms with Crippen molar-refractivity contribution in [1.29, 1.82) is 0 Å². The van der Waals surface area contributed by atoms with Crippen LogP contribution in [-0.2, 0) is 24.1 Å². The van der Waals surface area contributed by atoms with Crippen molar-refractivity contribution in [3.63, 3.8) is 0 Å². The van der Waals surface area contributed by atoms with E-state index in [0.717, 1.165) is 66.5 Å². The van der Waals surface area contributed by atoms with Crippen molar-refractivity contribution >= 4 is 21.6 Å². The van der Waals surface area contributed by atoms with E-state index >= 15 is 0 Å². The number of hydrogen-bond donors (Lipinski definition) is 0. The first-order chi connectivity index (χ1) is 16.6. The third-order valence-electron chi connectivity index (χ3n) is 6.49. The fourth-order valence-corrected chi connectivity index (χ4v) is 6.05. The van der Waals surface area contributed by atoms with E-state index in [1.807, 2.05) is 24.3 Å². The van der Waals surface area contributed by atoms with Gasteiger partial charge in [0.05, 0.1) is 25.1 Å². The normalized spacial score (nSPS) is 18.8. The molecule has 0 N–H and O–H groups in total. The SMILES string of the molecule is Cc1nc(-c2ccc(Oc3nc(CN4CCOCC4)nc4sc5c(c34)CC[C@@H](C)C5)cc2)no1. The molecule has 0 spiro atoms. The molecule has 1 atom stereocenters. The predicted octanol–water partition coefficient (Wildman–Crippen LogP) is 4.80. The number of aromatic nitrogens is 4. The fraction of sp³-hybridized carbons (Fsp3) is 0.440. The van der Waals surface area contributed by atoms with Gasteiger partial charge in [-0.3, -0.25) is 4.90 Å². The molecule has 4 aromatic rings. The van der Waals surface area contributed by atoms with Gasteiger partial charge in [-0.15, -0.1) is 11.3 Å². The molecular weight excluding hydrogens is 450 g/mol. The van der Waals surface area contributed by atoms with Crippen molar-refractivity contribution in [3.05, 3.63) is 46.4 Å². The monoisotopic (exact) mass is 477 g/mol. The van der Waals surface area contributed by atoms with Gasteiger partial charge in [0.2, 0.25) is 17.6 Å². The van der Waals surface area contributed by atoms with E-state index in [-0.39, 0.29) is 0 Å². The summed E-state index contributed by atoms with van der Waals surface area (Å²) >= 11 is 1.81. The number of thiophene rings is 1. The Morgan fingerprint density at radius 1 is 1.12 bits per heavy atom. The molecule has 0 bridgehead atoms. The van der Waals surface area contributed by atoms with E-state index in [9.17, 15) is 0 Å². The maximum Gasteiger partial charge on any atom is 0.231 e. The van der Waals surface area contributed by atoms with E-state index in [4.69, 9.17) is 24.0 Å². The van der Waals surface area contributed by atoms with Crippen molar-refractivity contribution in [1.82, 2.24) is 25.0 Å². The number of morpholine rings is 1. The summed E-state index contributed by atoms with van der Waals surface area (Å²) in [6.45, 7) is 8.11. The number of aryl methyl sites for hydroxylation is 2. The maximum atomic E-state index is 6.42. The first kappa shape index (κ1) is 21.6. The molecule has 1 saturated heterocycles. The smallest absolute Gasteiger partial charge is 0.231 e. The van der Waals surface area contributed by atoms with Crippen molar-refractivity contribution < 1.29 is 14.0 Å². The lowest BCUT2D eigenvalue weighted by molar-refractivity contribution is 0.0330. The molecule has 6 rings (SSSR count). The zero-order chi connectivity index (χ0) is 23.1. The summed E-state index contributed by atoms with van der Waals surface area (Å²) < 4.78 is 17.0. The Morgan fingerprint density at radius 2 is 1.94 bits per heavy atom. The Morgan fingerprint density at radius 3 is 2.71 bits per heavy atom. The number of benzene rings is 1.